The van der Waals surface area contributed by atoms with Crippen LogP contribution in [0.1, 0.15) is 11.1 Å². The Morgan fingerprint density at radius 3 is 2.14 bits per heavy atom. The third-order valence-corrected chi connectivity index (χ3v) is 2.90. The van der Waals surface area contributed by atoms with E-state index < -0.39 is 5.82 Å². The Labute approximate surface area is 122 Å². The van der Waals surface area contributed by atoms with Crippen LogP contribution in [0, 0.1) is 17.1 Å². The van der Waals surface area contributed by atoms with Gasteiger partial charge in [0.2, 0.25) is 0 Å². The number of hydrogen-bond donors (Lipinski definition) is 0. The molecule has 0 bridgehead atoms. The minimum absolute atomic E-state index is 0.0495. The summed E-state index contributed by atoms with van der Waals surface area (Å²) in [5.41, 5.74) is 0.648. The van der Waals surface area contributed by atoms with Gasteiger partial charge >= 0.3 is 0 Å². The molecule has 0 saturated heterocycles. The second-order valence-electron chi connectivity index (χ2n) is 4.26. The standard InChI is InChI=1S/C16H14FNO3/c1-19-13-6-14(20-2)8-15(7-13)21-10-12-4-3-11(9-18)5-16(12)17/h3-8H,10H2,1-2H3. The summed E-state index contributed by atoms with van der Waals surface area (Å²) in [4.78, 5) is 0. The third kappa shape index (κ3) is 3.63. The van der Waals surface area contributed by atoms with Gasteiger partial charge in [0.15, 0.2) is 0 Å². The van der Waals surface area contributed by atoms with E-state index >= 15 is 0 Å². The first-order valence-electron chi connectivity index (χ1n) is 6.20. The van der Waals surface area contributed by atoms with Crippen LogP contribution in [-0.4, -0.2) is 14.2 Å². The van der Waals surface area contributed by atoms with Gasteiger partial charge in [-0.15, -0.1) is 0 Å². The molecule has 0 aliphatic heterocycles. The zero-order valence-electron chi connectivity index (χ0n) is 11.7. The molecule has 108 valence electrons. The van der Waals surface area contributed by atoms with E-state index in [0.717, 1.165) is 0 Å². The first kappa shape index (κ1) is 14.7. The van der Waals surface area contributed by atoms with E-state index in [-0.39, 0.29) is 12.2 Å². The number of methoxy groups -OCH3 is 2. The zero-order chi connectivity index (χ0) is 15.2. The number of ether oxygens (including phenoxy) is 3. The molecule has 2 aromatic rings. The van der Waals surface area contributed by atoms with Crippen molar-refractivity contribution in [3.63, 3.8) is 0 Å². The SMILES string of the molecule is COc1cc(OC)cc(OCc2ccc(C#N)cc2F)c1. The van der Waals surface area contributed by atoms with Crippen molar-refractivity contribution in [3.8, 4) is 23.3 Å². The number of hydrogen-bond acceptors (Lipinski definition) is 4. The predicted molar refractivity (Wildman–Crippen MR) is 75.0 cm³/mol. The molecule has 2 aromatic carbocycles. The molecule has 0 aromatic heterocycles. The van der Waals surface area contributed by atoms with E-state index in [4.69, 9.17) is 19.5 Å². The van der Waals surface area contributed by atoms with E-state index in [9.17, 15) is 4.39 Å². The fraction of sp³-hybridized carbons (Fsp3) is 0.188. The van der Waals surface area contributed by atoms with Gasteiger partial charge in [0.1, 0.15) is 29.7 Å². The first-order valence-corrected chi connectivity index (χ1v) is 6.20. The molecule has 4 nitrogen and oxygen atoms in total. The van der Waals surface area contributed by atoms with Crippen molar-refractivity contribution in [2.75, 3.05) is 14.2 Å². The molecule has 0 aliphatic carbocycles. The molecule has 0 saturated carbocycles. The van der Waals surface area contributed by atoms with Crippen LogP contribution in [0.4, 0.5) is 4.39 Å². The summed E-state index contributed by atoms with van der Waals surface area (Å²) in [5.74, 6) is 1.22. The Hall–Kier alpha value is -2.74. The zero-order valence-corrected chi connectivity index (χ0v) is 11.7. The average Bonchev–Trinajstić information content (AvgIpc) is 2.53. The molecule has 0 spiro atoms. The highest BCUT2D eigenvalue weighted by Gasteiger charge is 2.07. The van der Waals surface area contributed by atoms with Gasteiger partial charge in [-0.3, -0.25) is 0 Å². The average molecular weight is 287 g/mol. The minimum atomic E-state index is -0.469. The molecule has 0 amide bonds. The van der Waals surface area contributed by atoms with E-state index in [1.807, 2.05) is 6.07 Å². The molecule has 0 atom stereocenters. The lowest BCUT2D eigenvalue weighted by Gasteiger charge is -2.10. The number of halogens is 1. The molecule has 0 unspecified atom stereocenters. The van der Waals surface area contributed by atoms with Crippen LogP contribution in [0.3, 0.4) is 0 Å². The van der Waals surface area contributed by atoms with Crippen LogP contribution in [0.2, 0.25) is 0 Å². The fourth-order valence-electron chi connectivity index (χ4n) is 1.76. The summed E-state index contributed by atoms with van der Waals surface area (Å²) in [6.45, 7) is 0.0495. The molecule has 0 heterocycles. The second-order valence-corrected chi connectivity index (χ2v) is 4.26. The number of nitriles is 1. The first-order chi connectivity index (χ1) is 10.2. The Balaban J connectivity index is 2.14. The minimum Gasteiger partial charge on any atom is -0.496 e. The van der Waals surface area contributed by atoms with Gasteiger partial charge in [0.25, 0.3) is 0 Å². The number of rotatable bonds is 5. The third-order valence-electron chi connectivity index (χ3n) is 2.90. The lowest BCUT2D eigenvalue weighted by atomic mass is 10.1. The summed E-state index contributed by atoms with van der Waals surface area (Å²) >= 11 is 0. The molecule has 0 aliphatic rings. The van der Waals surface area contributed by atoms with Crippen molar-refractivity contribution >= 4 is 0 Å². The maximum absolute atomic E-state index is 13.8. The van der Waals surface area contributed by atoms with Gasteiger partial charge < -0.3 is 14.2 Å². The second kappa shape index (κ2) is 6.62. The van der Waals surface area contributed by atoms with Crippen LogP contribution >= 0.6 is 0 Å². The Bertz CT molecular complexity index is 657. The smallest absolute Gasteiger partial charge is 0.131 e. The summed E-state index contributed by atoms with van der Waals surface area (Å²) in [6, 6.07) is 11.2. The molecule has 5 heteroatoms. The van der Waals surface area contributed by atoms with Crippen molar-refractivity contribution < 1.29 is 18.6 Å². The lowest BCUT2D eigenvalue weighted by Crippen LogP contribution is -1.99. The number of benzene rings is 2. The van der Waals surface area contributed by atoms with Crippen LogP contribution in [0.5, 0.6) is 17.2 Å². The molecular formula is C16H14FNO3. The Morgan fingerprint density at radius 1 is 1.00 bits per heavy atom. The topological polar surface area (TPSA) is 51.5 Å². The van der Waals surface area contributed by atoms with Gasteiger partial charge in [0, 0.05) is 23.8 Å². The number of nitrogens with zero attached hydrogens (tertiary/aromatic N) is 1. The molecule has 0 radical (unpaired) electrons. The van der Waals surface area contributed by atoms with Gasteiger partial charge in [-0.05, 0) is 12.1 Å². The quantitative estimate of drug-likeness (QED) is 0.846. The summed E-state index contributed by atoms with van der Waals surface area (Å²) < 4.78 is 29.6. The molecule has 0 fully saturated rings. The van der Waals surface area contributed by atoms with Gasteiger partial charge in [-0.2, -0.15) is 5.26 Å². The Morgan fingerprint density at radius 2 is 1.62 bits per heavy atom. The summed E-state index contributed by atoms with van der Waals surface area (Å²) in [5, 5.41) is 8.70. The fourth-order valence-corrected chi connectivity index (χ4v) is 1.76. The highest BCUT2D eigenvalue weighted by Crippen LogP contribution is 2.28. The highest BCUT2D eigenvalue weighted by atomic mass is 19.1. The predicted octanol–water partition coefficient (Wildman–Crippen LogP) is 3.29. The normalized spacial score (nSPS) is 9.81. The largest absolute Gasteiger partial charge is 0.496 e. The van der Waals surface area contributed by atoms with E-state index in [1.54, 1.807) is 38.5 Å². The van der Waals surface area contributed by atoms with Crippen molar-refractivity contribution in [1.82, 2.24) is 0 Å². The van der Waals surface area contributed by atoms with E-state index in [0.29, 0.717) is 22.8 Å². The van der Waals surface area contributed by atoms with E-state index in [1.165, 1.54) is 12.1 Å². The summed E-state index contributed by atoms with van der Waals surface area (Å²) in [6.07, 6.45) is 0. The van der Waals surface area contributed by atoms with Crippen molar-refractivity contribution in [3.05, 3.63) is 53.3 Å². The summed E-state index contributed by atoms with van der Waals surface area (Å²) in [7, 11) is 3.08. The van der Waals surface area contributed by atoms with Crippen LogP contribution < -0.4 is 14.2 Å². The van der Waals surface area contributed by atoms with Gasteiger partial charge in [-0.25, -0.2) is 4.39 Å². The molecule has 0 N–H and O–H groups in total. The highest BCUT2D eigenvalue weighted by molar-refractivity contribution is 5.42. The molecule has 21 heavy (non-hydrogen) atoms. The monoisotopic (exact) mass is 287 g/mol. The van der Waals surface area contributed by atoms with Crippen molar-refractivity contribution in [2.24, 2.45) is 0 Å². The van der Waals surface area contributed by atoms with Crippen molar-refractivity contribution in [2.45, 2.75) is 6.61 Å². The van der Waals surface area contributed by atoms with Gasteiger partial charge in [0.05, 0.1) is 25.9 Å². The van der Waals surface area contributed by atoms with Crippen LogP contribution in [-0.2, 0) is 6.61 Å². The van der Waals surface area contributed by atoms with Crippen LogP contribution in [0.15, 0.2) is 36.4 Å². The molecular weight excluding hydrogens is 273 g/mol. The van der Waals surface area contributed by atoms with Crippen LogP contribution in [0.25, 0.3) is 0 Å². The van der Waals surface area contributed by atoms with Crippen molar-refractivity contribution in [1.29, 1.82) is 5.26 Å². The maximum Gasteiger partial charge on any atom is 0.131 e. The Kier molecular flexibility index (Phi) is 4.62. The van der Waals surface area contributed by atoms with E-state index in [2.05, 4.69) is 0 Å². The maximum atomic E-state index is 13.8. The van der Waals surface area contributed by atoms with Gasteiger partial charge in [-0.1, -0.05) is 6.07 Å². The molecule has 2 rings (SSSR count). The lowest BCUT2D eigenvalue weighted by molar-refractivity contribution is 0.294.